The van der Waals surface area contributed by atoms with Crippen molar-refractivity contribution in [1.82, 2.24) is 30.7 Å². The Balaban J connectivity index is 1.88. The summed E-state index contributed by atoms with van der Waals surface area (Å²) in [6.45, 7) is 14.0. The fourth-order valence-corrected chi connectivity index (χ4v) is 3.40. The van der Waals surface area contributed by atoms with Gasteiger partial charge in [0.25, 0.3) is 5.91 Å². The molecule has 0 aliphatic heterocycles. The van der Waals surface area contributed by atoms with Crippen LogP contribution in [0.15, 0.2) is 21.9 Å². The molecule has 0 spiro atoms. The number of carbonyl (C=O) groups is 1. The molecule has 176 valence electrons. The van der Waals surface area contributed by atoms with Crippen molar-refractivity contribution in [3.63, 3.8) is 0 Å². The van der Waals surface area contributed by atoms with E-state index in [2.05, 4.69) is 35.8 Å². The normalized spacial score (nSPS) is 12.5. The van der Waals surface area contributed by atoms with Crippen molar-refractivity contribution in [3.05, 3.63) is 40.2 Å². The van der Waals surface area contributed by atoms with Crippen LogP contribution in [0.4, 0.5) is 5.82 Å². The molecule has 0 aliphatic carbocycles. The summed E-state index contributed by atoms with van der Waals surface area (Å²) in [7, 11) is 0. The molecule has 2 heterocycles. The predicted octanol–water partition coefficient (Wildman–Crippen LogP) is 2.86. The van der Waals surface area contributed by atoms with Crippen molar-refractivity contribution in [2.75, 3.05) is 5.73 Å². The third-order valence-electron chi connectivity index (χ3n) is 5.14. The Hall–Kier alpha value is -3.76. The molecule has 0 unspecified atom stereocenters. The first-order valence-electron chi connectivity index (χ1n) is 10.6. The molecule has 33 heavy (non-hydrogen) atoms. The van der Waals surface area contributed by atoms with Gasteiger partial charge in [0, 0.05) is 11.1 Å². The van der Waals surface area contributed by atoms with Gasteiger partial charge in [0.15, 0.2) is 5.69 Å². The van der Waals surface area contributed by atoms with E-state index in [1.165, 1.54) is 10.9 Å². The molecule has 0 aliphatic rings. The Kier molecular flexibility index (Phi) is 6.26. The monoisotopic (exact) mass is 454 g/mol. The minimum atomic E-state index is -0.532. The molecule has 0 fully saturated rings. The number of hydrogen-bond acceptors (Lipinski definition) is 9. The molecule has 2 aromatic heterocycles. The molecule has 1 amide bonds. The van der Waals surface area contributed by atoms with Crippen LogP contribution in [-0.4, -0.2) is 42.5 Å². The molecule has 0 atom stereocenters. The van der Waals surface area contributed by atoms with Gasteiger partial charge in [-0.15, -0.1) is 5.10 Å². The maximum absolute atomic E-state index is 12.7. The van der Waals surface area contributed by atoms with Crippen LogP contribution in [0.2, 0.25) is 0 Å². The van der Waals surface area contributed by atoms with Crippen molar-refractivity contribution < 1.29 is 14.5 Å². The average Bonchev–Trinajstić information content (AvgIpc) is 3.32. The summed E-state index contributed by atoms with van der Waals surface area (Å²) in [5, 5.41) is 30.1. The molecule has 11 nitrogen and oxygen atoms in total. The lowest BCUT2D eigenvalue weighted by Crippen LogP contribution is -2.21. The highest BCUT2D eigenvalue weighted by Gasteiger charge is 2.26. The number of nitrogen functional groups attached to an aromatic ring is 1. The zero-order valence-corrected chi connectivity index (χ0v) is 20.0. The van der Waals surface area contributed by atoms with Crippen molar-refractivity contribution in [3.8, 4) is 11.6 Å². The van der Waals surface area contributed by atoms with Gasteiger partial charge in [-0.25, -0.2) is 10.1 Å². The van der Waals surface area contributed by atoms with E-state index in [4.69, 9.17) is 5.73 Å². The van der Waals surface area contributed by atoms with Crippen LogP contribution in [0, 0.1) is 0 Å². The number of nitrogens with one attached hydrogen (secondary N) is 1. The van der Waals surface area contributed by atoms with Gasteiger partial charge in [-0.3, -0.25) is 4.79 Å². The second-order valence-corrected chi connectivity index (χ2v) is 9.79. The maximum Gasteiger partial charge on any atom is 0.293 e. The Morgan fingerprint density at radius 2 is 1.79 bits per heavy atom. The van der Waals surface area contributed by atoms with Gasteiger partial charge in [0.05, 0.1) is 11.9 Å². The van der Waals surface area contributed by atoms with Crippen LogP contribution < -0.4 is 11.2 Å². The number of benzene rings is 1. The summed E-state index contributed by atoms with van der Waals surface area (Å²) >= 11 is 0. The summed E-state index contributed by atoms with van der Waals surface area (Å²) in [6.07, 6.45) is 1.98. The molecule has 0 saturated carbocycles. The molecular formula is C22H30N8O3. The smallest absolute Gasteiger partial charge is 0.293 e. The molecule has 4 N–H and O–H groups in total. The lowest BCUT2D eigenvalue weighted by atomic mass is 9.78. The van der Waals surface area contributed by atoms with Crippen molar-refractivity contribution in [1.29, 1.82) is 0 Å². The topological polar surface area (TPSA) is 157 Å². The lowest BCUT2D eigenvalue weighted by molar-refractivity contribution is 0.0949. The van der Waals surface area contributed by atoms with Crippen molar-refractivity contribution in [2.45, 2.75) is 65.7 Å². The number of hydrogen-bond donors (Lipinski definition) is 3. The largest absolute Gasteiger partial charge is 0.507 e. The maximum atomic E-state index is 12.7. The van der Waals surface area contributed by atoms with Gasteiger partial charge < -0.3 is 10.8 Å². The van der Waals surface area contributed by atoms with Gasteiger partial charge in [0.1, 0.15) is 5.75 Å². The molecule has 1 aromatic carbocycles. The summed E-state index contributed by atoms with van der Waals surface area (Å²) < 4.78 is 5.92. The molecule has 0 bridgehead atoms. The van der Waals surface area contributed by atoms with E-state index in [0.717, 1.165) is 16.7 Å². The Bertz CT molecular complexity index is 1160. The first-order chi connectivity index (χ1) is 15.3. The molecule has 0 saturated heterocycles. The Labute approximate surface area is 192 Å². The van der Waals surface area contributed by atoms with E-state index in [0.29, 0.717) is 12.1 Å². The fourth-order valence-electron chi connectivity index (χ4n) is 3.40. The average molecular weight is 455 g/mol. The Morgan fingerprint density at radius 3 is 2.27 bits per heavy atom. The van der Waals surface area contributed by atoms with Gasteiger partial charge in [-0.2, -0.15) is 9.78 Å². The van der Waals surface area contributed by atoms with Crippen molar-refractivity contribution in [2.24, 2.45) is 5.10 Å². The quantitative estimate of drug-likeness (QED) is 0.392. The van der Waals surface area contributed by atoms with Gasteiger partial charge >= 0.3 is 0 Å². The number of aromatic nitrogens is 5. The lowest BCUT2D eigenvalue weighted by Gasteiger charge is -2.27. The number of carbonyl (C=O) groups excluding carboxylic acids is 1. The highest BCUT2D eigenvalue weighted by molar-refractivity contribution is 5.94. The number of amides is 1. The second kappa shape index (κ2) is 8.64. The standard InChI is InChI=1S/C22H30N8O3/c1-8-15-16(25-29-30(15)19-18(23)27-33-28-19)20(32)26-24-11-12-9-13(21(2,3)4)17(31)14(10-12)22(5,6)7/h9-11,31H,8H2,1-7H3,(H2,23,27)(H,26,32). The highest BCUT2D eigenvalue weighted by Crippen LogP contribution is 2.39. The fraction of sp³-hybridized carbons (Fsp3) is 0.455. The van der Waals surface area contributed by atoms with Gasteiger partial charge in [-0.05, 0) is 45.3 Å². The number of nitrogens with two attached hydrogens (primary N) is 1. The van der Waals surface area contributed by atoms with E-state index in [-0.39, 0.29) is 33.9 Å². The molecule has 0 radical (unpaired) electrons. The molecular weight excluding hydrogens is 424 g/mol. The summed E-state index contributed by atoms with van der Waals surface area (Å²) in [4.78, 5) is 12.7. The van der Waals surface area contributed by atoms with E-state index >= 15 is 0 Å². The first kappa shape index (κ1) is 23.9. The Morgan fingerprint density at radius 1 is 1.18 bits per heavy atom. The van der Waals surface area contributed by atoms with E-state index in [9.17, 15) is 9.90 Å². The van der Waals surface area contributed by atoms with Crippen LogP contribution in [-0.2, 0) is 17.3 Å². The van der Waals surface area contributed by atoms with Crippen LogP contribution in [0.1, 0.15) is 81.3 Å². The van der Waals surface area contributed by atoms with Crippen LogP contribution in [0.25, 0.3) is 5.82 Å². The van der Waals surface area contributed by atoms with Crippen LogP contribution >= 0.6 is 0 Å². The predicted molar refractivity (Wildman–Crippen MR) is 124 cm³/mol. The highest BCUT2D eigenvalue weighted by atomic mass is 16.6. The third kappa shape index (κ3) is 4.86. The minimum absolute atomic E-state index is 0.0382. The minimum Gasteiger partial charge on any atom is -0.507 e. The molecule has 11 heteroatoms. The number of hydrazone groups is 1. The van der Waals surface area contributed by atoms with Gasteiger partial charge in [-0.1, -0.05) is 53.7 Å². The number of anilines is 1. The van der Waals surface area contributed by atoms with E-state index in [1.54, 1.807) is 0 Å². The zero-order chi connectivity index (χ0) is 24.6. The third-order valence-corrected chi connectivity index (χ3v) is 5.14. The number of rotatable bonds is 5. The number of nitrogens with zero attached hydrogens (tertiary/aromatic N) is 6. The summed E-state index contributed by atoms with van der Waals surface area (Å²) in [5.41, 5.74) is 10.6. The second-order valence-electron chi connectivity index (χ2n) is 9.79. The van der Waals surface area contributed by atoms with Crippen molar-refractivity contribution >= 4 is 17.9 Å². The number of aromatic hydroxyl groups is 1. The van der Waals surface area contributed by atoms with E-state index in [1.807, 2.05) is 60.6 Å². The first-order valence-corrected chi connectivity index (χ1v) is 10.6. The van der Waals surface area contributed by atoms with Crippen LogP contribution in [0.5, 0.6) is 5.75 Å². The van der Waals surface area contributed by atoms with E-state index < -0.39 is 5.91 Å². The van der Waals surface area contributed by atoms with Crippen LogP contribution in [0.3, 0.4) is 0 Å². The summed E-state index contributed by atoms with van der Waals surface area (Å²) in [5.74, 6) is -0.0520. The zero-order valence-electron chi connectivity index (χ0n) is 20.0. The molecule has 3 aromatic rings. The van der Waals surface area contributed by atoms with Gasteiger partial charge in [0.2, 0.25) is 11.6 Å². The SMILES string of the molecule is CCc1c(C(=O)NN=Cc2cc(C(C)(C)C)c(O)c(C(C)(C)C)c2)nnn1-c1nonc1N. The summed E-state index contributed by atoms with van der Waals surface area (Å²) in [6, 6.07) is 3.74. The number of phenols is 1. The number of phenolic OH excluding ortho intramolecular Hbond substituents is 1. The molecule has 3 rings (SSSR count).